The standard InChI is InChI=1S/C5H7BrO2/c1-2-4(3-6)5(7)8/h2,4H,1,3H2,(H,7,8). The Morgan fingerprint density at radius 1 is 2.00 bits per heavy atom. The molecular formula is C5H7BrO2. The number of carbonyl (C=O) groups is 1. The minimum atomic E-state index is -0.836. The van der Waals surface area contributed by atoms with Gasteiger partial charge in [0.15, 0.2) is 0 Å². The molecule has 0 aromatic rings. The molecule has 2 nitrogen and oxygen atoms in total. The molecule has 0 radical (unpaired) electrons. The smallest absolute Gasteiger partial charge is 0.311 e. The first kappa shape index (κ1) is 7.69. The van der Waals surface area contributed by atoms with Gasteiger partial charge in [0.1, 0.15) is 0 Å². The van der Waals surface area contributed by atoms with Crippen molar-refractivity contribution in [2.75, 3.05) is 5.33 Å². The minimum absolute atomic E-state index is 0.436. The second kappa shape index (κ2) is 3.66. The first-order valence-electron chi connectivity index (χ1n) is 2.13. The second-order valence-electron chi connectivity index (χ2n) is 1.33. The highest BCUT2D eigenvalue weighted by Gasteiger charge is 2.09. The van der Waals surface area contributed by atoms with Gasteiger partial charge in [-0.3, -0.25) is 4.79 Å². The molecule has 0 amide bonds. The lowest BCUT2D eigenvalue weighted by Gasteiger charge is -1.97. The molecule has 1 N–H and O–H groups in total. The molecule has 1 unspecified atom stereocenters. The summed E-state index contributed by atoms with van der Waals surface area (Å²) in [6, 6.07) is 0. The molecule has 0 bridgehead atoms. The second-order valence-corrected chi connectivity index (χ2v) is 1.98. The summed E-state index contributed by atoms with van der Waals surface area (Å²) in [5.74, 6) is -1.29. The quantitative estimate of drug-likeness (QED) is 0.523. The van der Waals surface area contributed by atoms with Crippen molar-refractivity contribution in [3.8, 4) is 0 Å². The normalized spacial score (nSPS) is 12.6. The number of hydrogen-bond donors (Lipinski definition) is 1. The minimum Gasteiger partial charge on any atom is -0.481 e. The van der Waals surface area contributed by atoms with Crippen LogP contribution >= 0.6 is 15.9 Å². The summed E-state index contributed by atoms with van der Waals surface area (Å²) in [4.78, 5) is 10.1. The lowest BCUT2D eigenvalue weighted by atomic mass is 10.2. The number of halogens is 1. The molecule has 0 spiro atoms. The summed E-state index contributed by atoms with van der Waals surface area (Å²) in [5.41, 5.74) is 0. The molecule has 0 aromatic carbocycles. The zero-order valence-corrected chi connectivity index (χ0v) is 5.89. The summed E-state index contributed by atoms with van der Waals surface area (Å²) in [6.45, 7) is 3.34. The van der Waals surface area contributed by atoms with Crippen LogP contribution in [0.4, 0.5) is 0 Å². The van der Waals surface area contributed by atoms with Crippen LogP contribution in [0.1, 0.15) is 0 Å². The Bertz CT molecular complexity index is 101. The van der Waals surface area contributed by atoms with Crippen molar-refractivity contribution in [1.82, 2.24) is 0 Å². The zero-order valence-electron chi connectivity index (χ0n) is 4.30. The molecule has 0 aliphatic heterocycles. The van der Waals surface area contributed by atoms with Gasteiger partial charge in [0.2, 0.25) is 0 Å². The molecular weight excluding hydrogens is 172 g/mol. The van der Waals surface area contributed by atoms with Crippen LogP contribution in [0.15, 0.2) is 12.7 Å². The van der Waals surface area contributed by atoms with Crippen molar-refractivity contribution in [3.63, 3.8) is 0 Å². The molecule has 1 atom stereocenters. The van der Waals surface area contributed by atoms with Crippen molar-refractivity contribution in [2.45, 2.75) is 0 Å². The maximum atomic E-state index is 10.1. The molecule has 0 saturated heterocycles. The highest BCUT2D eigenvalue weighted by molar-refractivity contribution is 9.09. The highest BCUT2D eigenvalue weighted by atomic mass is 79.9. The molecule has 0 fully saturated rings. The number of alkyl halides is 1. The average molecular weight is 179 g/mol. The van der Waals surface area contributed by atoms with Crippen molar-refractivity contribution in [1.29, 1.82) is 0 Å². The van der Waals surface area contributed by atoms with Crippen LogP contribution in [0.3, 0.4) is 0 Å². The van der Waals surface area contributed by atoms with Gasteiger partial charge >= 0.3 is 5.97 Å². The van der Waals surface area contributed by atoms with E-state index in [0.29, 0.717) is 5.33 Å². The fourth-order valence-corrected chi connectivity index (χ4v) is 0.771. The molecule has 0 aliphatic rings. The van der Waals surface area contributed by atoms with E-state index in [1.165, 1.54) is 6.08 Å². The van der Waals surface area contributed by atoms with Gasteiger partial charge < -0.3 is 5.11 Å². The van der Waals surface area contributed by atoms with Crippen LogP contribution in [0.25, 0.3) is 0 Å². The predicted octanol–water partition coefficient (Wildman–Crippen LogP) is 1.27. The van der Waals surface area contributed by atoms with Crippen molar-refractivity contribution >= 4 is 21.9 Å². The topological polar surface area (TPSA) is 37.3 Å². The molecule has 0 aromatic heterocycles. The molecule has 8 heavy (non-hydrogen) atoms. The third kappa shape index (κ3) is 2.12. The fourth-order valence-electron chi connectivity index (χ4n) is 0.230. The number of carboxylic acid groups (broad SMARTS) is 1. The molecule has 3 heteroatoms. The Hall–Kier alpha value is -0.310. The van der Waals surface area contributed by atoms with E-state index < -0.39 is 11.9 Å². The Kier molecular flexibility index (Phi) is 3.52. The SMILES string of the molecule is C=CC(CBr)C(=O)O. The lowest BCUT2D eigenvalue weighted by Crippen LogP contribution is -2.11. The van der Waals surface area contributed by atoms with E-state index in [1.807, 2.05) is 0 Å². The van der Waals surface area contributed by atoms with Crippen LogP contribution in [-0.4, -0.2) is 16.4 Å². The lowest BCUT2D eigenvalue weighted by molar-refractivity contribution is -0.139. The Morgan fingerprint density at radius 3 is 2.50 bits per heavy atom. The Labute approximate surface area is 56.3 Å². The Balaban J connectivity index is 3.69. The van der Waals surface area contributed by atoms with Gasteiger partial charge in [0, 0.05) is 5.33 Å². The van der Waals surface area contributed by atoms with E-state index in [9.17, 15) is 4.79 Å². The third-order valence-electron chi connectivity index (χ3n) is 0.768. The van der Waals surface area contributed by atoms with Gasteiger partial charge in [-0.15, -0.1) is 6.58 Å². The van der Waals surface area contributed by atoms with E-state index >= 15 is 0 Å². The van der Waals surface area contributed by atoms with Gasteiger partial charge in [-0.1, -0.05) is 22.0 Å². The predicted molar refractivity (Wildman–Crippen MR) is 35.1 cm³/mol. The van der Waals surface area contributed by atoms with E-state index in [0.717, 1.165) is 0 Å². The zero-order chi connectivity index (χ0) is 6.57. The van der Waals surface area contributed by atoms with E-state index in [2.05, 4.69) is 22.5 Å². The van der Waals surface area contributed by atoms with Gasteiger partial charge in [-0.05, 0) is 0 Å². The average Bonchev–Trinajstić information content (AvgIpc) is 1.69. The van der Waals surface area contributed by atoms with E-state index in [1.54, 1.807) is 0 Å². The van der Waals surface area contributed by atoms with Gasteiger partial charge in [0.05, 0.1) is 5.92 Å². The van der Waals surface area contributed by atoms with Crippen LogP contribution in [0, 0.1) is 5.92 Å². The van der Waals surface area contributed by atoms with Gasteiger partial charge in [0.25, 0.3) is 0 Å². The number of rotatable bonds is 3. The Morgan fingerprint density at radius 2 is 2.50 bits per heavy atom. The summed E-state index contributed by atoms with van der Waals surface area (Å²) in [7, 11) is 0. The summed E-state index contributed by atoms with van der Waals surface area (Å²) >= 11 is 3.02. The number of carboxylic acids is 1. The molecule has 0 aliphatic carbocycles. The van der Waals surface area contributed by atoms with Crippen LogP contribution in [0.5, 0.6) is 0 Å². The van der Waals surface area contributed by atoms with Crippen LogP contribution in [-0.2, 0) is 4.79 Å². The maximum Gasteiger partial charge on any atom is 0.311 e. The maximum absolute atomic E-state index is 10.1. The van der Waals surface area contributed by atoms with Crippen LogP contribution in [0.2, 0.25) is 0 Å². The first-order valence-corrected chi connectivity index (χ1v) is 3.25. The number of aliphatic carboxylic acids is 1. The summed E-state index contributed by atoms with van der Waals surface area (Å²) in [5, 5.41) is 8.71. The monoisotopic (exact) mass is 178 g/mol. The van der Waals surface area contributed by atoms with Gasteiger partial charge in [-0.25, -0.2) is 0 Å². The number of hydrogen-bond acceptors (Lipinski definition) is 1. The van der Waals surface area contributed by atoms with Crippen molar-refractivity contribution < 1.29 is 9.90 Å². The summed E-state index contributed by atoms with van der Waals surface area (Å²) < 4.78 is 0. The molecule has 46 valence electrons. The largest absolute Gasteiger partial charge is 0.481 e. The van der Waals surface area contributed by atoms with Crippen molar-refractivity contribution in [2.24, 2.45) is 5.92 Å². The van der Waals surface area contributed by atoms with Gasteiger partial charge in [-0.2, -0.15) is 0 Å². The summed E-state index contributed by atoms with van der Waals surface area (Å²) in [6.07, 6.45) is 1.40. The van der Waals surface area contributed by atoms with Crippen molar-refractivity contribution in [3.05, 3.63) is 12.7 Å². The first-order chi connectivity index (χ1) is 3.72. The molecule has 0 rings (SSSR count). The highest BCUT2D eigenvalue weighted by Crippen LogP contribution is 2.01. The molecule has 0 saturated carbocycles. The van der Waals surface area contributed by atoms with E-state index in [-0.39, 0.29) is 0 Å². The third-order valence-corrected chi connectivity index (χ3v) is 1.47. The van der Waals surface area contributed by atoms with Crippen LogP contribution < -0.4 is 0 Å². The molecule has 0 heterocycles. The van der Waals surface area contributed by atoms with E-state index in [4.69, 9.17) is 5.11 Å². The fraction of sp³-hybridized carbons (Fsp3) is 0.400.